The van der Waals surface area contributed by atoms with Gasteiger partial charge in [0.05, 0.1) is 6.10 Å². The normalized spacial score (nSPS) is 17.2. The molecule has 1 atom stereocenters. The van der Waals surface area contributed by atoms with Crippen LogP contribution in [0.3, 0.4) is 0 Å². The van der Waals surface area contributed by atoms with Crippen molar-refractivity contribution in [3.63, 3.8) is 0 Å². The first-order valence-corrected chi connectivity index (χ1v) is 6.63. The molecule has 0 radical (unpaired) electrons. The number of rotatable bonds is 5. The maximum absolute atomic E-state index is 9.86. The second kappa shape index (κ2) is 5.09. The maximum atomic E-state index is 9.86. The molecule has 0 saturated heterocycles. The first kappa shape index (κ1) is 12.4. The Balaban J connectivity index is 2.28. The second-order valence-corrected chi connectivity index (χ2v) is 5.51. The Labute approximate surface area is 104 Å². The minimum absolute atomic E-state index is 0.389. The van der Waals surface area contributed by atoms with Crippen molar-refractivity contribution < 1.29 is 5.11 Å². The molecule has 1 N–H and O–H groups in total. The van der Waals surface area contributed by atoms with E-state index in [2.05, 4.69) is 30.9 Å². The topological polar surface area (TPSA) is 23.5 Å². The van der Waals surface area contributed by atoms with Crippen molar-refractivity contribution in [2.24, 2.45) is 5.92 Å². The van der Waals surface area contributed by atoms with Crippen molar-refractivity contribution in [1.82, 2.24) is 0 Å². The molecule has 1 saturated carbocycles. The van der Waals surface area contributed by atoms with E-state index in [1.165, 1.54) is 18.5 Å². The molecule has 1 fully saturated rings. The predicted molar refractivity (Wildman–Crippen MR) is 72.3 cm³/mol. The van der Waals surface area contributed by atoms with Crippen molar-refractivity contribution in [3.05, 3.63) is 29.8 Å². The van der Waals surface area contributed by atoms with Crippen molar-refractivity contribution in [3.8, 4) is 0 Å². The lowest BCUT2D eigenvalue weighted by molar-refractivity contribution is 0.199. The SMILES string of the molecule is CC(C)CN(c1ccccc1[C@H](C)O)C1CC1. The molecule has 1 aliphatic carbocycles. The Morgan fingerprint density at radius 2 is 1.88 bits per heavy atom. The summed E-state index contributed by atoms with van der Waals surface area (Å²) in [4.78, 5) is 2.48. The summed E-state index contributed by atoms with van der Waals surface area (Å²) in [5.74, 6) is 0.651. The number of hydrogen-bond acceptors (Lipinski definition) is 2. The molecule has 2 rings (SSSR count). The Morgan fingerprint density at radius 1 is 1.24 bits per heavy atom. The van der Waals surface area contributed by atoms with E-state index in [-0.39, 0.29) is 6.10 Å². The summed E-state index contributed by atoms with van der Waals surface area (Å²) >= 11 is 0. The van der Waals surface area contributed by atoms with Crippen LogP contribution in [0.5, 0.6) is 0 Å². The first-order valence-electron chi connectivity index (χ1n) is 6.63. The van der Waals surface area contributed by atoms with E-state index in [4.69, 9.17) is 0 Å². The van der Waals surface area contributed by atoms with Crippen LogP contribution in [0.1, 0.15) is 45.3 Å². The number of hydrogen-bond donors (Lipinski definition) is 1. The quantitative estimate of drug-likeness (QED) is 0.843. The minimum atomic E-state index is -0.389. The number of aliphatic hydroxyl groups excluding tert-OH is 1. The summed E-state index contributed by atoms with van der Waals surface area (Å²) in [5.41, 5.74) is 2.28. The molecule has 0 spiro atoms. The van der Waals surface area contributed by atoms with Gasteiger partial charge in [-0.2, -0.15) is 0 Å². The molecule has 1 aromatic rings. The highest BCUT2D eigenvalue weighted by molar-refractivity contribution is 5.56. The molecule has 0 bridgehead atoms. The van der Waals surface area contributed by atoms with E-state index < -0.39 is 0 Å². The van der Waals surface area contributed by atoms with E-state index >= 15 is 0 Å². The molecule has 1 aromatic carbocycles. The van der Waals surface area contributed by atoms with Crippen molar-refractivity contribution in [2.45, 2.75) is 45.8 Å². The van der Waals surface area contributed by atoms with E-state index in [0.29, 0.717) is 12.0 Å². The Bertz CT molecular complexity index is 369. The molecule has 0 heterocycles. The van der Waals surface area contributed by atoms with Gasteiger partial charge < -0.3 is 10.0 Å². The number of aliphatic hydroxyl groups is 1. The summed E-state index contributed by atoms with van der Waals surface area (Å²) in [6, 6.07) is 8.94. The molecule has 0 aromatic heterocycles. The molecular weight excluding hydrogens is 210 g/mol. The molecule has 0 unspecified atom stereocenters. The fraction of sp³-hybridized carbons (Fsp3) is 0.600. The minimum Gasteiger partial charge on any atom is -0.389 e. The van der Waals surface area contributed by atoms with Crippen molar-refractivity contribution in [1.29, 1.82) is 0 Å². The highest BCUT2D eigenvalue weighted by Crippen LogP contribution is 2.36. The molecule has 2 heteroatoms. The number of benzene rings is 1. The van der Waals surface area contributed by atoms with Crippen molar-refractivity contribution >= 4 is 5.69 Å². The van der Waals surface area contributed by atoms with Gasteiger partial charge in [-0.25, -0.2) is 0 Å². The highest BCUT2D eigenvalue weighted by Gasteiger charge is 2.31. The second-order valence-electron chi connectivity index (χ2n) is 5.51. The molecule has 2 nitrogen and oxygen atoms in total. The average molecular weight is 233 g/mol. The maximum Gasteiger partial charge on any atom is 0.0781 e. The zero-order valence-electron chi connectivity index (χ0n) is 11.1. The Kier molecular flexibility index (Phi) is 3.72. The van der Waals surface area contributed by atoms with Crippen LogP contribution in [0.15, 0.2) is 24.3 Å². The molecule has 17 heavy (non-hydrogen) atoms. The summed E-state index contributed by atoms with van der Waals surface area (Å²) in [6.45, 7) is 7.43. The fourth-order valence-electron chi connectivity index (χ4n) is 2.33. The third-order valence-corrected chi connectivity index (χ3v) is 3.25. The van der Waals surface area contributed by atoms with Gasteiger partial charge in [-0.1, -0.05) is 32.0 Å². The summed E-state index contributed by atoms with van der Waals surface area (Å²) < 4.78 is 0. The predicted octanol–water partition coefficient (Wildman–Crippen LogP) is 3.36. The van der Waals surface area contributed by atoms with Crippen molar-refractivity contribution in [2.75, 3.05) is 11.4 Å². The van der Waals surface area contributed by atoms with Crippen LogP contribution in [0.4, 0.5) is 5.69 Å². The van der Waals surface area contributed by atoms with Crippen LogP contribution in [0, 0.1) is 5.92 Å². The van der Waals surface area contributed by atoms with Gasteiger partial charge in [0.2, 0.25) is 0 Å². The summed E-state index contributed by atoms with van der Waals surface area (Å²) in [7, 11) is 0. The molecule has 1 aliphatic rings. The third-order valence-electron chi connectivity index (χ3n) is 3.25. The summed E-state index contributed by atoms with van der Waals surface area (Å²) in [5, 5.41) is 9.86. The van der Waals surface area contributed by atoms with Crippen LogP contribution < -0.4 is 4.90 Å². The van der Waals surface area contributed by atoms with Gasteiger partial charge in [0.25, 0.3) is 0 Å². The van der Waals surface area contributed by atoms with Gasteiger partial charge in [-0.15, -0.1) is 0 Å². The van der Waals surface area contributed by atoms with E-state index in [1.807, 2.05) is 19.1 Å². The third kappa shape index (κ3) is 3.01. The lowest BCUT2D eigenvalue weighted by atomic mass is 10.1. The lowest BCUT2D eigenvalue weighted by Gasteiger charge is -2.29. The molecular formula is C15H23NO. The van der Waals surface area contributed by atoms with Crippen LogP contribution in [0.25, 0.3) is 0 Å². The van der Waals surface area contributed by atoms with Gasteiger partial charge in [0, 0.05) is 23.8 Å². The zero-order valence-corrected chi connectivity index (χ0v) is 11.1. The zero-order chi connectivity index (χ0) is 12.4. The van der Waals surface area contributed by atoms with Crippen LogP contribution in [-0.4, -0.2) is 17.7 Å². The van der Waals surface area contributed by atoms with Crippen LogP contribution in [-0.2, 0) is 0 Å². The van der Waals surface area contributed by atoms with Gasteiger partial charge in [-0.3, -0.25) is 0 Å². The van der Waals surface area contributed by atoms with E-state index in [1.54, 1.807) is 0 Å². The van der Waals surface area contributed by atoms with Gasteiger partial charge >= 0.3 is 0 Å². The molecule has 0 aliphatic heterocycles. The Hall–Kier alpha value is -1.02. The number of para-hydroxylation sites is 1. The number of anilines is 1. The van der Waals surface area contributed by atoms with Crippen LogP contribution >= 0.6 is 0 Å². The standard InChI is InChI=1S/C15H23NO/c1-11(2)10-16(13-8-9-13)15-7-5-4-6-14(15)12(3)17/h4-7,11-13,17H,8-10H2,1-3H3/t12-/m0/s1. The fourth-order valence-corrected chi connectivity index (χ4v) is 2.33. The lowest BCUT2D eigenvalue weighted by Crippen LogP contribution is -2.30. The largest absolute Gasteiger partial charge is 0.389 e. The first-order chi connectivity index (χ1) is 8.09. The van der Waals surface area contributed by atoms with Gasteiger partial charge in [0.1, 0.15) is 0 Å². The number of nitrogens with zero attached hydrogens (tertiary/aromatic N) is 1. The average Bonchev–Trinajstić information content (AvgIpc) is 3.09. The van der Waals surface area contributed by atoms with E-state index in [0.717, 1.165) is 12.1 Å². The smallest absolute Gasteiger partial charge is 0.0781 e. The van der Waals surface area contributed by atoms with Crippen LogP contribution in [0.2, 0.25) is 0 Å². The molecule has 0 amide bonds. The Morgan fingerprint density at radius 3 is 2.41 bits per heavy atom. The van der Waals surface area contributed by atoms with Gasteiger partial charge in [0.15, 0.2) is 0 Å². The monoisotopic (exact) mass is 233 g/mol. The van der Waals surface area contributed by atoms with E-state index in [9.17, 15) is 5.11 Å². The highest BCUT2D eigenvalue weighted by atomic mass is 16.3. The van der Waals surface area contributed by atoms with Gasteiger partial charge in [-0.05, 0) is 31.7 Å². The summed E-state index contributed by atoms with van der Waals surface area (Å²) in [6.07, 6.45) is 2.20. The molecule has 94 valence electrons.